The van der Waals surface area contributed by atoms with Gasteiger partial charge in [-0.25, -0.2) is 17.2 Å². The van der Waals surface area contributed by atoms with Crippen molar-refractivity contribution in [1.29, 1.82) is 0 Å². The molecule has 2 aromatic rings. The van der Waals surface area contributed by atoms with Crippen LogP contribution < -0.4 is 9.62 Å². The van der Waals surface area contributed by atoms with Crippen LogP contribution in [0.2, 0.25) is 0 Å². The second-order valence-electron chi connectivity index (χ2n) is 9.17. The van der Waals surface area contributed by atoms with E-state index in [9.17, 15) is 26.8 Å². The molecule has 0 aliphatic heterocycles. The molecule has 36 heavy (non-hydrogen) atoms. The molecule has 2 amide bonds. The first-order chi connectivity index (χ1) is 17.1. The van der Waals surface area contributed by atoms with E-state index < -0.39 is 40.2 Å². The SMILES string of the molecule is CC[C@@H](C(=O)NC1CCCCC1)N(Cc1ccc(F)cc1)C(=O)CN(c1cccc(F)c1)S(C)(=O)=O. The van der Waals surface area contributed by atoms with Gasteiger partial charge in [0.15, 0.2) is 0 Å². The van der Waals surface area contributed by atoms with E-state index in [1.807, 2.05) is 0 Å². The van der Waals surface area contributed by atoms with Gasteiger partial charge in [0, 0.05) is 12.6 Å². The lowest BCUT2D eigenvalue weighted by atomic mass is 9.95. The lowest BCUT2D eigenvalue weighted by Crippen LogP contribution is -2.53. The van der Waals surface area contributed by atoms with Crippen LogP contribution in [0.3, 0.4) is 0 Å². The predicted molar refractivity (Wildman–Crippen MR) is 135 cm³/mol. The maximum absolute atomic E-state index is 13.8. The number of carbonyl (C=O) groups is 2. The highest BCUT2D eigenvalue weighted by Gasteiger charge is 2.32. The number of hydrogen-bond acceptors (Lipinski definition) is 4. The van der Waals surface area contributed by atoms with Crippen molar-refractivity contribution >= 4 is 27.5 Å². The van der Waals surface area contributed by atoms with E-state index in [2.05, 4.69) is 5.32 Å². The molecule has 0 spiro atoms. The maximum Gasteiger partial charge on any atom is 0.244 e. The lowest BCUT2D eigenvalue weighted by molar-refractivity contribution is -0.140. The number of rotatable bonds is 10. The fourth-order valence-corrected chi connectivity index (χ4v) is 5.34. The van der Waals surface area contributed by atoms with Crippen LogP contribution in [0.4, 0.5) is 14.5 Å². The Morgan fingerprint density at radius 2 is 1.69 bits per heavy atom. The van der Waals surface area contributed by atoms with Gasteiger partial charge in [0.2, 0.25) is 21.8 Å². The van der Waals surface area contributed by atoms with Crippen molar-refractivity contribution in [2.75, 3.05) is 17.1 Å². The standard InChI is InChI=1S/C26H33F2N3O4S/c1-3-24(26(33)29-22-9-5-4-6-10-22)30(17-19-12-14-20(27)15-13-19)25(32)18-31(36(2,34)35)23-11-7-8-21(28)16-23/h7-8,11-16,22,24H,3-6,9-10,17-18H2,1-2H3,(H,29,33)/t24-/m0/s1. The van der Waals surface area contributed by atoms with Gasteiger partial charge in [0.25, 0.3) is 0 Å². The molecule has 196 valence electrons. The number of amides is 2. The highest BCUT2D eigenvalue weighted by Crippen LogP contribution is 2.22. The van der Waals surface area contributed by atoms with Crippen LogP contribution in [0.5, 0.6) is 0 Å². The molecule has 1 saturated carbocycles. The molecule has 1 atom stereocenters. The van der Waals surface area contributed by atoms with Crippen molar-refractivity contribution in [1.82, 2.24) is 10.2 Å². The second kappa shape index (κ2) is 12.3. The van der Waals surface area contributed by atoms with Crippen molar-refractivity contribution in [2.24, 2.45) is 0 Å². The third kappa shape index (κ3) is 7.49. The fraction of sp³-hybridized carbons (Fsp3) is 0.462. The Balaban J connectivity index is 1.90. The van der Waals surface area contributed by atoms with Crippen molar-refractivity contribution in [3.63, 3.8) is 0 Å². The van der Waals surface area contributed by atoms with Gasteiger partial charge in [-0.2, -0.15) is 0 Å². The summed E-state index contributed by atoms with van der Waals surface area (Å²) in [6, 6.07) is 9.69. The molecule has 2 aromatic carbocycles. The van der Waals surface area contributed by atoms with E-state index in [1.165, 1.54) is 47.4 Å². The van der Waals surface area contributed by atoms with Crippen LogP contribution in [0.1, 0.15) is 51.0 Å². The van der Waals surface area contributed by atoms with Crippen molar-refractivity contribution in [3.8, 4) is 0 Å². The van der Waals surface area contributed by atoms with Crippen LogP contribution >= 0.6 is 0 Å². The van der Waals surface area contributed by atoms with E-state index >= 15 is 0 Å². The number of sulfonamides is 1. The summed E-state index contributed by atoms with van der Waals surface area (Å²) in [5.74, 6) is -2.01. The van der Waals surface area contributed by atoms with Crippen LogP contribution in [-0.2, 0) is 26.2 Å². The third-order valence-electron chi connectivity index (χ3n) is 6.38. The minimum atomic E-state index is -3.95. The van der Waals surface area contributed by atoms with Gasteiger partial charge in [-0.1, -0.05) is 44.4 Å². The summed E-state index contributed by atoms with van der Waals surface area (Å²) in [5.41, 5.74) is 0.595. The molecule has 3 rings (SSSR count). The average Bonchev–Trinajstić information content (AvgIpc) is 2.83. The first-order valence-corrected chi connectivity index (χ1v) is 14.0. The number of nitrogens with one attached hydrogen (secondary N) is 1. The minimum absolute atomic E-state index is 0.00675. The topological polar surface area (TPSA) is 86.8 Å². The van der Waals surface area contributed by atoms with E-state index in [1.54, 1.807) is 6.92 Å². The van der Waals surface area contributed by atoms with Crippen molar-refractivity contribution < 1.29 is 26.8 Å². The molecule has 0 radical (unpaired) electrons. The molecule has 1 N–H and O–H groups in total. The van der Waals surface area contributed by atoms with Gasteiger partial charge in [-0.15, -0.1) is 0 Å². The lowest BCUT2D eigenvalue weighted by Gasteiger charge is -2.34. The highest BCUT2D eigenvalue weighted by molar-refractivity contribution is 7.92. The normalized spacial score (nSPS) is 15.2. The van der Waals surface area contributed by atoms with Crippen molar-refractivity contribution in [2.45, 2.75) is 64.1 Å². The van der Waals surface area contributed by atoms with Crippen molar-refractivity contribution in [3.05, 3.63) is 65.7 Å². The Kier molecular flexibility index (Phi) is 9.42. The number of nitrogens with zero attached hydrogens (tertiary/aromatic N) is 2. The summed E-state index contributed by atoms with van der Waals surface area (Å²) in [7, 11) is -3.95. The molecule has 0 aromatic heterocycles. The zero-order valence-corrected chi connectivity index (χ0v) is 21.4. The smallest absolute Gasteiger partial charge is 0.244 e. The molecule has 1 aliphatic rings. The Morgan fingerprint density at radius 1 is 1.03 bits per heavy atom. The molecule has 10 heteroatoms. The van der Waals surface area contributed by atoms with Gasteiger partial charge in [-0.05, 0) is 55.2 Å². The van der Waals surface area contributed by atoms with Crippen LogP contribution in [0.25, 0.3) is 0 Å². The predicted octanol–water partition coefficient (Wildman–Crippen LogP) is 3.99. The van der Waals surface area contributed by atoms with Crippen LogP contribution in [-0.4, -0.2) is 50.0 Å². The first-order valence-electron chi connectivity index (χ1n) is 12.2. The number of hydrogen-bond donors (Lipinski definition) is 1. The molecule has 0 bridgehead atoms. The van der Waals surface area contributed by atoms with Gasteiger partial charge in [-0.3, -0.25) is 13.9 Å². The highest BCUT2D eigenvalue weighted by atomic mass is 32.2. The summed E-state index contributed by atoms with van der Waals surface area (Å²) in [6.07, 6.45) is 6.14. The van der Waals surface area contributed by atoms with Crippen LogP contribution in [0.15, 0.2) is 48.5 Å². The van der Waals surface area contributed by atoms with Crippen LogP contribution in [0, 0.1) is 11.6 Å². The molecule has 7 nitrogen and oxygen atoms in total. The number of anilines is 1. The molecular formula is C26H33F2N3O4S. The maximum atomic E-state index is 13.8. The van der Waals surface area contributed by atoms with E-state index in [0.29, 0.717) is 12.0 Å². The summed E-state index contributed by atoms with van der Waals surface area (Å²) >= 11 is 0. The Hall–Kier alpha value is -3.01. The summed E-state index contributed by atoms with van der Waals surface area (Å²) in [4.78, 5) is 28.2. The number of carbonyl (C=O) groups excluding carboxylic acids is 2. The van der Waals surface area contributed by atoms with E-state index in [4.69, 9.17) is 0 Å². The second-order valence-corrected chi connectivity index (χ2v) is 11.1. The first kappa shape index (κ1) is 27.6. The summed E-state index contributed by atoms with van der Waals surface area (Å²) in [5, 5.41) is 3.05. The van der Waals surface area contributed by atoms with Gasteiger partial charge >= 0.3 is 0 Å². The third-order valence-corrected chi connectivity index (χ3v) is 7.52. The summed E-state index contributed by atoms with van der Waals surface area (Å²) < 4.78 is 53.2. The average molecular weight is 522 g/mol. The van der Waals surface area contributed by atoms with Gasteiger partial charge in [0.1, 0.15) is 24.2 Å². The molecule has 0 heterocycles. The fourth-order valence-electron chi connectivity index (χ4n) is 4.50. The largest absolute Gasteiger partial charge is 0.352 e. The number of halogens is 2. The Bertz CT molecular complexity index is 1150. The summed E-state index contributed by atoms with van der Waals surface area (Å²) in [6.45, 7) is 1.14. The molecular weight excluding hydrogens is 488 g/mol. The monoisotopic (exact) mass is 521 g/mol. The Labute approximate surface area is 211 Å². The molecule has 1 fully saturated rings. The van der Waals surface area contributed by atoms with Gasteiger partial charge in [0.05, 0.1) is 11.9 Å². The molecule has 1 aliphatic carbocycles. The Morgan fingerprint density at radius 3 is 2.28 bits per heavy atom. The van der Waals surface area contributed by atoms with E-state index in [-0.39, 0.29) is 24.2 Å². The molecule has 0 unspecified atom stereocenters. The van der Waals surface area contributed by atoms with E-state index in [0.717, 1.165) is 48.7 Å². The zero-order chi connectivity index (χ0) is 26.3. The zero-order valence-electron chi connectivity index (χ0n) is 20.6. The van der Waals surface area contributed by atoms with Gasteiger partial charge < -0.3 is 10.2 Å². The molecule has 0 saturated heterocycles. The minimum Gasteiger partial charge on any atom is -0.352 e. The quantitative estimate of drug-likeness (QED) is 0.512. The number of benzene rings is 2.